The van der Waals surface area contributed by atoms with Gasteiger partial charge in [0.1, 0.15) is 17.7 Å². The highest BCUT2D eigenvalue weighted by Crippen LogP contribution is 2.28. The summed E-state index contributed by atoms with van der Waals surface area (Å²) in [6.45, 7) is 0.607. The van der Waals surface area contributed by atoms with Crippen LogP contribution in [0.3, 0.4) is 0 Å². The lowest BCUT2D eigenvalue weighted by Gasteiger charge is -2.03. The van der Waals surface area contributed by atoms with Gasteiger partial charge in [-0.25, -0.2) is 9.97 Å². The molecular formula is C14H15N5. The van der Waals surface area contributed by atoms with Crippen molar-refractivity contribution in [1.29, 1.82) is 0 Å². The van der Waals surface area contributed by atoms with E-state index in [0.717, 1.165) is 28.8 Å². The summed E-state index contributed by atoms with van der Waals surface area (Å²) in [7, 11) is 1.98. The fourth-order valence-electron chi connectivity index (χ4n) is 2.34. The predicted octanol–water partition coefficient (Wildman–Crippen LogP) is 1.53. The van der Waals surface area contributed by atoms with Crippen LogP contribution < -0.4 is 5.73 Å². The summed E-state index contributed by atoms with van der Waals surface area (Å²) >= 11 is 0. The highest BCUT2D eigenvalue weighted by atomic mass is 15.0. The number of hydrogen-bond acceptors (Lipinski definition) is 4. The largest absolute Gasteiger partial charge is 0.335 e. The number of hydrogen-bond donors (Lipinski definition) is 1. The molecule has 0 spiro atoms. The van der Waals surface area contributed by atoms with E-state index < -0.39 is 0 Å². The van der Waals surface area contributed by atoms with Crippen LogP contribution >= 0.6 is 0 Å². The van der Waals surface area contributed by atoms with Gasteiger partial charge >= 0.3 is 0 Å². The van der Waals surface area contributed by atoms with E-state index in [4.69, 9.17) is 5.73 Å². The van der Waals surface area contributed by atoms with E-state index >= 15 is 0 Å². The lowest BCUT2D eigenvalue weighted by molar-refractivity contribution is 0.918. The Morgan fingerprint density at radius 1 is 1.21 bits per heavy atom. The van der Waals surface area contributed by atoms with E-state index in [1.807, 2.05) is 29.8 Å². The molecular weight excluding hydrogens is 238 g/mol. The number of pyridine rings is 1. The van der Waals surface area contributed by atoms with Crippen LogP contribution in [0.2, 0.25) is 0 Å². The highest BCUT2D eigenvalue weighted by molar-refractivity contribution is 5.92. The van der Waals surface area contributed by atoms with Gasteiger partial charge in [-0.2, -0.15) is 0 Å². The molecule has 5 heteroatoms. The zero-order valence-corrected chi connectivity index (χ0v) is 10.7. The first-order chi connectivity index (χ1) is 9.31. The number of fused-ring (bicyclic) bond motifs is 1. The second kappa shape index (κ2) is 4.78. The van der Waals surface area contributed by atoms with Crippen LogP contribution in [-0.4, -0.2) is 26.1 Å². The number of aromatic nitrogens is 4. The molecule has 0 unspecified atom stereocenters. The molecule has 19 heavy (non-hydrogen) atoms. The molecule has 0 fully saturated rings. The third-order valence-electron chi connectivity index (χ3n) is 3.15. The molecule has 0 saturated carbocycles. The first kappa shape index (κ1) is 11.8. The Bertz CT molecular complexity index is 702. The van der Waals surface area contributed by atoms with Gasteiger partial charge in [0.15, 0.2) is 0 Å². The maximum atomic E-state index is 5.68. The van der Waals surface area contributed by atoms with Crippen LogP contribution in [0.1, 0.15) is 5.56 Å². The van der Waals surface area contributed by atoms with Crippen molar-refractivity contribution in [3.05, 3.63) is 42.5 Å². The molecule has 0 amide bonds. The van der Waals surface area contributed by atoms with Gasteiger partial charge in [0, 0.05) is 19.4 Å². The van der Waals surface area contributed by atoms with Crippen LogP contribution in [0.4, 0.5) is 0 Å². The Hall–Kier alpha value is -2.27. The minimum Gasteiger partial charge on any atom is -0.335 e. The van der Waals surface area contributed by atoms with Crippen molar-refractivity contribution >= 4 is 11.0 Å². The molecule has 5 nitrogen and oxygen atoms in total. The number of aryl methyl sites for hydroxylation is 1. The van der Waals surface area contributed by atoms with Crippen molar-refractivity contribution in [1.82, 2.24) is 19.5 Å². The summed E-state index contributed by atoms with van der Waals surface area (Å²) < 4.78 is 2.01. The van der Waals surface area contributed by atoms with Crippen LogP contribution in [0.15, 0.2) is 36.9 Å². The molecule has 0 bridgehead atoms. The minimum atomic E-state index is 0.607. The van der Waals surface area contributed by atoms with E-state index in [-0.39, 0.29) is 0 Å². The van der Waals surface area contributed by atoms with Gasteiger partial charge in [-0.05, 0) is 30.7 Å². The number of rotatable bonds is 3. The molecule has 2 N–H and O–H groups in total. The first-order valence-corrected chi connectivity index (χ1v) is 6.21. The van der Waals surface area contributed by atoms with E-state index in [2.05, 4.69) is 21.1 Å². The monoisotopic (exact) mass is 253 g/mol. The van der Waals surface area contributed by atoms with Gasteiger partial charge in [0.25, 0.3) is 0 Å². The van der Waals surface area contributed by atoms with Gasteiger partial charge < -0.3 is 10.3 Å². The summed E-state index contributed by atoms with van der Waals surface area (Å²) in [4.78, 5) is 13.1. The van der Waals surface area contributed by atoms with E-state index in [1.54, 1.807) is 12.5 Å². The lowest BCUT2D eigenvalue weighted by Crippen LogP contribution is -2.02. The minimum absolute atomic E-state index is 0.607. The SMILES string of the molecule is Cn1cc(CCN)c2c(-c3ccccn3)ncnc21. The van der Waals surface area contributed by atoms with Crippen molar-refractivity contribution in [3.63, 3.8) is 0 Å². The standard InChI is InChI=1S/C14H15N5/c1-19-8-10(5-6-15)12-13(17-9-18-14(12)19)11-4-2-3-7-16-11/h2-4,7-9H,5-6,15H2,1H3. The Balaban J connectivity index is 2.30. The van der Waals surface area contributed by atoms with Crippen molar-refractivity contribution in [3.8, 4) is 11.4 Å². The summed E-state index contributed by atoms with van der Waals surface area (Å²) in [6, 6.07) is 5.82. The molecule has 0 atom stereocenters. The fourth-order valence-corrected chi connectivity index (χ4v) is 2.34. The predicted molar refractivity (Wildman–Crippen MR) is 74.5 cm³/mol. The maximum absolute atomic E-state index is 5.68. The van der Waals surface area contributed by atoms with Crippen LogP contribution in [0, 0.1) is 0 Å². The van der Waals surface area contributed by atoms with Crippen molar-refractivity contribution in [2.24, 2.45) is 12.8 Å². The fraction of sp³-hybridized carbons (Fsp3) is 0.214. The quantitative estimate of drug-likeness (QED) is 0.768. The summed E-state index contributed by atoms with van der Waals surface area (Å²) in [5.41, 5.74) is 9.50. The molecule has 0 aromatic carbocycles. The van der Waals surface area contributed by atoms with Gasteiger partial charge in [-0.1, -0.05) is 6.07 Å². The van der Waals surface area contributed by atoms with Crippen LogP contribution in [0.5, 0.6) is 0 Å². The molecule has 0 aliphatic heterocycles. The normalized spacial score (nSPS) is 11.1. The van der Waals surface area contributed by atoms with Gasteiger partial charge in [0.2, 0.25) is 0 Å². The van der Waals surface area contributed by atoms with Crippen molar-refractivity contribution in [2.75, 3.05) is 6.54 Å². The van der Waals surface area contributed by atoms with Crippen LogP contribution in [0.25, 0.3) is 22.4 Å². The zero-order chi connectivity index (χ0) is 13.2. The maximum Gasteiger partial charge on any atom is 0.144 e. The molecule has 0 aliphatic rings. The van der Waals surface area contributed by atoms with Gasteiger partial charge in [0.05, 0.1) is 11.1 Å². The van der Waals surface area contributed by atoms with E-state index in [0.29, 0.717) is 6.54 Å². The average molecular weight is 253 g/mol. The first-order valence-electron chi connectivity index (χ1n) is 6.21. The zero-order valence-electron chi connectivity index (χ0n) is 10.7. The second-order valence-electron chi connectivity index (χ2n) is 4.44. The van der Waals surface area contributed by atoms with E-state index in [1.165, 1.54) is 5.56 Å². The Kier molecular flexibility index (Phi) is 2.97. The molecule has 3 aromatic rings. The third kappa shape index (κ3) is 1.98. The van der Waals surface area contributed by atoms with Crippen LogP contribution in [-0.2, 0) is 13.5 Å². The highest BCUT2D eigenvalue weighted by Gasteiger charge is 2.14. The molecule has 3 aromatic heterocycles. The summed E-state index contributed by atoms with van der Waals surface area (Å²) in [6.07, 6.45) is 6.23. The molecule has 3 rings (SSSR count). The number of nitrogens with two attached hydrogens (primary N) is 1. The lowest BCUT2D eigenvalue weighted by atomic mass is 10.1. The summed E-state index contributed by atoms with van der Waals surface area (Å²) in [5, 5.41) is 1.05. The smallest absolute Gasteiger partial charge is 0.144 e. The molecule has 3 heterocycles. The molecule has 0 aliphatic carbocycles. The molecule has 0 radical (unpaired) electrons. The molecule has 96 valence electrons. The molecule has 0 saturated heterocycles. The second-order valence-corrected chi connectivity index (χ2v) is 4.44. The van der Waals surface area contributed by atoms with Crippen molar-refractivity contribution in [2.45, 2.75) is 6.42 Å². The third-order valence-corrected chi connectivity index (χ3v) is 3.15. The van der Waals surface area contributed by atoms with Crippen molar-refractivity contribution < 1.29 is 0 Å². The number of nitrogens with zero attached hydrogens (tertiary/aromatic N) is 4. The Labute approximate surface area is 111 Å². The van der Waals surface area contributed by atoms with Gasteiger partial charge in [-0.15, -0.1) is 0 Å². The van der Waals surface area contributed by atoms with Gasteiger partial charge in [-0.3, -0.25) is 4.98 Å². The average Bonchev–Trinajstić information content (AvgIpc) is 2.77. The Morgan fingerprint density at radius 3 is 2.84 bits per heavy atom. The summed E-state index contributed by atoms with van der Waals surface area (Å²) in [5.74, 6) is 0. The van der Waals surface area contributed by atoms with E-state index in [9.17, 15) is 0 Å². The topological polar surface area (TPSA) is 69.6 Å². The Morgan fingerprint density at radius 2 is 2.11 bits per heavy atom.